The number of amides is 1. The van der Waals surface area contributed by atoms with Gasteiger partial charge in [0.1, 0.15) is 10.8 Å². The molecule has 3 rings (SSSR count). The molecular weight excluding hydrogens is 417 g/mol. The molecule has 1 heterocycles. The summed E-state index contributed by atoms with van der Waals surface area (Å²) in [5.41, 5.74) is 2.33. The first-order valence-electron chi connectivity index (χ1n) is 8.47. The van der Waals surface area contributed by atoms with Gasteiger partial charge in [-0.1, -0.05) is 41.4 Å². The first-order chi connectivity index (χ1) is 13.5. The lowest BCUT2D eigenvalue weighted by molar-refractivity contribution is -0.117. The van der Waals surface area contributed by atoms with Crippen LogP contribution in [0.15, 0.2) is 47.8 Å². The Morgan fingerprint density at radius 1 is 1.21 bits per heavy atom. The summed E-state index contributed by atoms with van der Waals surface area (Å²) in [6.45, 7) is 0.734. The molecule has 5 nitrogen and oxygen atoms in total. The first kappa shape index (κ1) is 20.6. The van der Waals surface area contributed by atoms with E-state index < -0.39 is 0 Å². The van der Waals surface area contributed by atoms with E-state index in [0.29, 0.717) is 22.3 Å². The maximum atomic E-state index is 12.3. The van der Waals surface area contributed by atoms with E-state index in [1.165, 1.54) is 0 Å². The average Bonchev–Trinajstić information content (AvgIpc) is 3.13. The molecule has 0 saturated heterocycles. The van der Waals surface area contributed by atoms with Crippen LogP contribution in [0.1, 0.15) is 5.69 Å². The number of hydrogen-bond donors (Lipinski definition) is 1. The van der Waals surface area contributed by atoms with Crippen LogP contribution in [0.5, 0.6) is 5.75 Å². The van der Waals surface area contributed by atoms with Gasteiger partial charge in [0.15, 0.2) is 0 Å². The number of carbonyl (C=O) groups is 1. The number of carbonyl (C=O) groups excluding carboxylic acids is 1. The number of aromatic nitrogens is 1. The molecule has 1 N–H and O–H groups in total. The zero-order chi connectivity index (χ0) is 20.1. The number of benzene rings is 2. The monoisotopic (exact) mass is 435 g/mol. The minimum Gasteiger partial charge on any atom is -0.497 e. The van der Waals surface area contributed by atoms with Crippen LogP contribution in [0.3, 0.4) is 0 Å². The van der Waals surface area contributed by atoms with E-state index in [4.69, 9.17) is 27.9 Å². The number of thiazole rings is 1. The van der Waals surface area contributed by atoms with Crippen molar-refractivity contribution >= 4 is 46.1 Å². The molecule has 0 fully saturated rings. The summed E-state index contributed by atoms with van der Waals surface area (Å²) in [7, 11) is 3.50. The van der Waals surface area contributed by atoms with Crippen molar-refractivity contribution in [2.24, 2.45) is 0 Å². The fourth-order valence-corrected chi connectivity index (χ4v) is 3.94. The van der Waals surface area contributed by atoms with Crippen LogP contribution in [-0.2, 0) is 11.3 Å². The van der Waals surface area contributed by atoms with Gasteiger partial charge < -0.3 is 10.1 Å². The molecule has 28 heavy (non-hydrogen) atoms. The normalized spacial score (nSPS) is 10.9. The van der Waals surface area contributed by atoms with Crippen LogP contribution < -0.4 is 10.1 Å². The summed E-state index contributed by atoms with van der Waals surface area (Å²) in [5.74, 6) is 0.599. The van der Waals surface area contributed by atoms with E-state index in [0.717, 1.165) is 22.0 Å². The van der Waals surface area contributed by atoms with Crippen LogP contribution in [-0.4, -0.2) is 36.5 Å². The third-order valence-electron chi connectivity index (χ3n) is 3.94. The lowest BCUT2D eigenvalue weighted by Gasteiger charge is -2.16. The predicted octanol–water partition coefficient (Wildman–Crippen LogP) is 5.20. The van der Waals surface area contributed by atoms with Crippen molar-refractivity contribution in [3.8, 4) is 16.3 Å². The second kappa shape index (κ2) is 9.39. The molecule has 0 radical (unpaired) electrons. The third-order valence-corrected chi connectivity index (χ3v) is 5.51. The number of halogens is 2. The highest BCUT2D eigenvalue weighted by atomic mass is 35.5. The van der Waals surface area contributed by atoms with Gasteiger partial charge in [0.25, 0.3) is 0 Å². The van der Waals surface area contributed by atoms with Gasteiger partial charge in [-0.05, 0) is 31.3 Å². The SMILES string of the molecule is COc1cccc(-c2nc(CN(C)CC(=O)Nc3c(Cl)cccc3Cl)cs2)c1. The molecule has 0 atom stereocenters. The van der Waals surface area contributed by atoms with Crippen LogP contribution >= 0.6 is 34.5 Å². The van der Waals surface area contributed by atoms with Crippen molar-refractivity contribution in [3.63, 3.8) is 0 Å². The molecule has 0 unspecified atom stereocenters. The van der Waals surface area contributed by atoms with E-state index in [9.17, 15) is 4.79 Å². The molecule has 0 saturated carbocycles. The smallest absolute Gasteiger partial charge is 0.238 e. The van der Waals surface area contributed by atoms with Crippen LogP contribution in [0, 0.1) is 0 Å². The average molecular weight is 436 g/mol. The predicted molar refractivity (Wildman–Crippen MR) is 116 cm³/mol. The number of nitrogens with zero attached hydrogens (tertiary/aromatic N) is 2. The molecule has 1 amide bonds. The van der Waals surface area contributed by atoms with E-state index in [1.807, 2.05) is 41.6 Å². The van der Waals surface area contributed by atoms with Crippen molar-refractivity contribution in [2.45, 2.75) is 6.54 Å². The number of hydrogen-bond acceptors (Lipinski definition) is 5. The number of methoxy groups -OCH3 is 1. The van der Waals surface area contributed by atoms with Crippen molar-refractivity contribution in [2.75, 3.05) is 26.0 Å². The molecule has 1 aromatic heterocycles. The summed E-state index contributed by atoms with van der Waals surface area (Å²) in [4.78, 5) is 18.9. The summed E-state index contributed by atoms with van der Waals surface area (Å²) in [6.07, 6.45) is 0. The van der Waals surface area contributed by atoms with Crippen molar-refractivity contribution < 1.29 is 9.53 Å². The van der Waals surface area contributed by atoms with E-state index in [1.54, 1.807) is 36.6 Å². The topological polar surface area (TPSA) is 54.5 Å². The molecule has 8 heteroatoms. The standard InChI is InChI=1S/C20H19Cl2N3O2S/c1-25(11-18(26)24-19-16(21)7-4-8-17(19)22)10-14-12-28-20(23-14)13-5-3-6-15(9-13)27-2/h3-9,12H,10-11H2,1-2H3,(H,24,26). The quantitative estimate of drug-likeness (QED) is 0.554. The van der Waals surface area contributed by atoms with Gasteiger partial charge in [-0.25, -0.2) is 4.98 Å². The Kier molecular flexibility index (Phi) is 6.91. The molecule has 146 valence electrons. The minimum atomic E-state index is -0.194. The van der Waals surface area contributed by atoms with Gasteiger partial charge in [0, 0.05) is 17.5 Å². The van der Waals surface area contributed by atoms with Gasteiger partial charge >= 0.3 is 0 Å². The Hall–Kier alpha value is -2.12. The van der Waals surface area contributed by atoms with Crippen LogP contribution in [0.2, 0.25) is 10.0 Å². The maximum Gasteiger partial charge on any atom is 0.238 e. The molecule has 0 bridgehead atoms. The lowest BCUT2D eigenvalue weighted by Crippen LogP contribution is -2.30. The Bertz CT molecular complexity index is 957. The maximum absolute atomic E-state index is 12.3. The largest absolute Gasteiger partial charge is 0.497 e. The number of rotatable bonds is 7. The van der Waals surface area contributed by atoms with Gasteiger partial charge in [-0.3, -0.25) is 9.69 Å². The Morgan fingerprint density at radius 2 is 1.93 bits per heavy atom. The molecule has 2 aromatic carbocycles. The summed E-state index contributed by atoms with van der Waals surface area (Å²) in [5, 5.41) is 6.49. The van der Waals surface area contributed by atoms with Gasteiger partial charge in [0.2, 0.25) is 5.91 Å². The van der Waals surface area contributed by atoms with Gasteiger partial charge in [-0.2, -0.15) is 0 Å². The molecular formula is C20H19Cl2N3O2S. The van der Waals surface area contributed by atoms with Crippen LogP contribution in [0.4, 0.5) is 5.69 Å². The Balaban J connectivity index is 1.60. The number of anilines is 1. The summed E-state index contributed by atoms with van der Waals surface area (Å²) in [6, 6.07) is 12.9. The highest BCUT2D eigenvalue weighted by molar-refractivity contribution is 7.13. The fourth-order valence-electron chi connectivity index (χ4n) is 2.64. The molecule has 0 aliphatic carbocycles. The van der Waals surface area contributed by atoms with Crippen LogP contribution in [0.25, 0.3) is 10.6 Å². The second-order valence-electron chi connectivity index (χ2n) is 6.19. The number of nitrogens with one attached hydrogen (secondary N) is 1. The Labute approximate surface area is 177 Å². The third kappa shape index (κ3) is 5.23. The van der Waals surface area contributed by atoms with Gasteiger partial charge in [0.05, 0.1) is 35.1 Å². The lowest BCUT2D eigenvalue weighted by atomic mass is 10.2. The van der Waals surface area contributed by atoms with Gasteiger partial charge in [-0.15, -0.1) is 11.3 Å². The summed E-state index contributed by atoms with van der Waals surface area (Å²) < 4.78 is 5.26. The molecule has 0 spiro atoms. The van der Waals surface area contributed by atoms with E-state index in [2.05, 4.69) is 10.3 Å². The Morgan fingerprint density at radius 3 is 2.64 bits per heavy atom. The number of para-hydroxylation sites is 1. The van der Waals surface area contributed by atoms with Crippen molar-refractivity contribution in [1.82, 2.24) is 9.88 Å². The van der Waals surface area contributed by atoms with E-state index in [-0.39, 0.29) is 12.5 Å². The number of ether oxygens (including phenoxy) is 1. The minimum absolute atomic E-state index is 0.188. The fraction of sp³-hybridized carbons (Fsp3) is 0.200. The number of likely N-dealkylation sites (N-methyl/N-ethyl adjacent to an activating group) is 1. The highest BCUT2D eigenvalue weighted by Crippen LogP contribution is 2.30. The zero-order valence-corrected chi connectivity index (χ0v) is 17.7. The zero-order valence-electron chi connectivity index (χ0n) is 15.4. The van der Waals surface area contributed by atoms with Crippen molar-refractivity contribution in [3.05, 3.63) is 63.6 Å². The molecule has 0 aliphatic heterocycles. The highest BCUT2D eigenvalue weighted by Gasteiger charge is 2.13. The molecule has 3 aromatic rings. The van der Waals surface area contributed by atoms with E-state index >= 15 is 0 Å². The summed E-state index contributed by atoms with van der Waals surface area (Å²) >= 11 is 13.7. The molecule has 0 aliphatic rings. The van der Waals surface area contributed by atoms with Crippen molar-refractivity contribution in [1.29, 1.82) is 0 Å². The second-order valence-corrected chi connectivity index (χ2v) is 7.87. The first-order valence-corrected chi connectivity index (χ1v) is 10.1.